The Morgan fingerprint density at radius 1 is 0.253 bits per heavy atom. The largest absolute Gasteiger partial charge is 0.462 e. The minimum Gasteiger partial charge on any atom is -0.462 e. The molecule has 83 heavy (non-hydrogen) atoms. The molecule has 0 amide bonds. The molecule has 0 saturated heterocycles. The van der Waals surface area contributed by atoms with Gasteiger partial charge in [0.25, 0.3) is 0 Å². The van der Waals surface area contributed by atoms with Crippen molar-refractivity contribution in [2.45, 2.75) is 361 Å². The summed E-state index contributed by atoms with van der Waals surface area (Å²) in [7, 11) is 0. The molecule has 0 aliphatic rings. The van der Waals surface area contributed by atoms with Gasteiger partial charge in [-0.2, -0.15) is 0 Å². The maximum atomic E-state index is 12.9. The highest BCUT2D eigenvalue weighted by Crippen LogP contribution is 2.18. The monoisotopic (exact) mass is 1160 g/mol. The maximum Gasteiger partial charge on any atom is 0.306 e. The van der Waals surface area contributed by atoms with Crippen LogP contribution in [0, 0.1) is 0 Å². The van der Waals surface area contributed by atoms with Gasteiger partial charge in [-0.15, -0.1) is 0 Å². The van der Waals surface area contributed by atoms with Crippen LogP contribution in [0.15, 0.2) is 97.2 Å². The number of rotatable bonds is 65. The van der Waals surface area contributed by atoms with Crippen LogP contribution in [0.3, 0.4) is 0 Å². The zero-order valence-electron chi connectivity index (χ0n) is 54.9. The Labute approximate surface area is 515 Å². The van der Waals surface area contributed by atoms with Gasteiger partial charge in [0, 0.05) is 19.3 Å². The topological polar surface area (TPSA) is 78.9 Å². The molecule has 0 aliphatic carbocycles. The minimum atomic E-state index is -0.772. The van der Waals surface area contributed by atoms with Crippen molar-refractivity contribution in [3.63, 3.8) is 0 Å². The van der Waals surface area contributed by atoms with Crippen molar-refractivity contribution in [3.05, 3.63) is 97.2 Å². The molecule has 0 aromatic rings. The number of esters is 3. The Morgan fingerprint density at radius 3 is 0.735 bits per heavy atom. The lowest BCUT2D eigenvalue weighted by molar-refractivity contribution is -0.167. The third kappa shape index (κ3) is 69.0. The van der Waals surface area contributed by atoms with Crippen molar-refractivity contribution in [1.82, 2.24) is 0 Å². The lowest BCUT2D eigenvalue weighted by atomic mass is 10.0. The predicted octanol–water partition coefficient (Wildman–Crippen LogP) is 24.8. The Kier molecular flexibility index (Phi) is 67.7. The van der Waals surface area contributed by atoms with Crippen molar-refractivity contribution in [1.29, 1.82) is 0 Å². The second kappa shape index (κ2) is 70.8. The highest BCUT2D eigenvalue weighted by molar-refractivity contribution is 5.71. The maximum absolute atomic E-state index is 12.9. The van der Waals surface area contributed by atoms with Gasteiger partial charge in [-0.1, -0.05) is 336 Å². The molecule has 0 aromatic carbocycles. The molecule has 6 heteroatoms. The fourth-order valence-electron chi connectivity index (χ4n) is 10.3. The van der Waals surface area contributed by atoms with Gasteiger partial charge in [0.15, 0.2) is 6.10 Å². The second-order valence-electron chi connectivity index (χ2n) is 23.7. The first-order valence-corrected chi connectivity index (χ1v) is 35.7. The molecule has 0 saturated carbocycles. The summed E-state index contributed by atoms with van der Waals surface area (Å²) < 4.78 is 16.8. The third-order valence-corrected chi connectivity index (χ3v) is 15.6. The SMILES string of the molecule is CC/C=C\C/C=C\C/C=C\C/C=C\CCCCCCCCCCCCCCCCCCCCC(=O)OCC(COC(=O)CCCCCCC)OC(=O)CCCCCCCCCCCCCCCCCC/C=C\C/C=C\C/C=C\C/C=C\CC. The molecule has 0 aliphatic heterocycles. The Morgan fingerprint density at radius 2 is 0.470 bits per heavy atom. The zero-order valence-corrected chi connectivity index (χ0v) is 54.9. The summed E-state index contributed by atoms with van der Waals surface area (Å²) in [4.78, 5) is 38.1. The molecule has 0 bridgehead atoms. The Balaban J connectivity index is 3.94. The first-order chi connectivity index (χ1) is 41.0. The fraction of sp³-hybridized carbons (Fsp3) is 0.753. The molecule has 1 unspecified atom stereocenters. The second-order valence-corrected chi connectivity index (χ2v) is 23.7. The van der Waals surface area contributed by atoms with E-state index in [0.717, 1.165) is 116 Å². The number of allylic oxidation sites excluding steroid dienone is 16. The van der Waals surface area contributed by atoms with Gasteiger partial charge in [0.05, 0.1) is 0 Å². The average Bonchev–Trinajstić information content (AvgIpc) is 3.49. The van der Waals surface area contributed by atoms with Gasteiger partial charge in [0.2, 0.25) is 0 Å². The molecule has 6 nitrogen and oxygen atoms in total. The number of carbonyl (C=O) groups is 3. The van der Waals surface area contributed by atoms with E-state index >= 15 is 0 Å². The number of carbonyl (C=O) groups excluding carboxylic acids is 3. The summed E-state index contributed by atoms with van der Waals surface area (Å²) in [5.41, 5.74) is 0. The van der Waals surface area contributed by atoms with E-state index in [2.05, 4.69) is 118 Å². The lowest BCUT2D eigenvalue weighted by Crippen LogP contribution is -2.30. The molecular formula is C77H134O6. The first kappa shape index (κ1) is 79.3. The van der Waals surface area contributed by atoms with Gasteiger partial charge >= 0.3 is 17.9 Å². The van der Waals surface area contributed by atoms with Gasteiger partial charge in [-0.05, 0) is 96.3 Å². The van der Waals surface area contributed by atoms with Crippen LogP contribution in [-0.4, -0.2) is 37.2 Å². The van der Waals surface area contributed by atoms with Crippen molar-refractivity contribution in [2.24, 2.45) is 0 Å². The van der Waals surface area contributed by atoms with Crippen LogP contribution in [0.2, 0.25) is 0 Å². The van der Waals surface area contributed by atoms with Gasteiger partial charge in [-0.3, -0.25) is 14.4 Å². The van der Waals surface area contributed by atoms with Crippen LogP contribution in [0.4, 0.5) is 0 Å². The van der Waals surface area contributed by atoms with E-state index in [1.165, 1.54) is 199 Å². The zero-order chi connectivity index (χ0) is 59.9. The van der Waals surface area contributed by atoms with Crippen molar-refractivity contribution >= 4 is 17.9 Å². The van der Waals surface area contributed by atoms with Crippen LogP contribution >= 0.6 is 0 Å². The van der Waals surface area contributed by atoms with E-state index in [1.54, 1.807) is 0 Å². The highest BCUT2D eigenvalue weighted by Gasteiger charge is 2.19. The van der Waals surface area contributed by atoms with Crippen LogP contribution in [0.5, 0.6) is 0 Å². The van der Waals surface area contributed by atoms with E-state index in [9.17, 15) is 14.4 Å². The number of ether oxygens (including phenoxy) is 3. The summed E-state index contributed by atoms with van der Waals surface area (Å²) in [6.07, 6.45) is 96.4. The quantitative estimate of drug-likeness (QED) is 0.0261. The number of unbranched alkanes of at least 4 members (excludes halogenated alkanes) is 38. The number of hydrogen-bond donors (Lipinski definition) is 0. The van der Waals surface area contributed by atoms with Crippen LogP contribution in [-0.2, 0) is 28.6 Å². The van der Waals surface area contributed by atoms with Crippen molar-refractivity contribution in [3.8, 4) is 0 Å². The molecule has 0 heterocycles. The van der Waals surface area contributed by atoms with Crippen molar-refractivity contribution < 1.29 is 28.6 Å². The van der Waals surface area contributed by atoms with Gasteiger partial charge < -0.3 is 14.2 Å². The summed E-state index contributed by atoms with van der Waals surface area (Å²) in [6.45, 7) is 6.38. The standard InChI is InChI=1S/C77H134O6/c1-4-7-10-13-15-17-19-21-23-25-27-29-31-33-35-37-38-40-41-43-45-47-49-51-53-55-57-59-61-64-67-70-76(79)82-73-74(72-81-75(78)69-66-63-12-9-6-3)83-77(80)71-68-65-62-60-58-56-54-52-50-48-46-44-42-39-36-34-32-30-28-26-24-22-20-18-16-14-11-8-5-2/h7-8,10-11,15-18,21-24,27-30,74H,4-6,9,12-14,19-20,25-26,31-73H2,1-3H3/b10-7-,11-8-,17-15-,18-16-,23-21-,24-22-,29-27-,30-28-. The first-order valence-electron chi connectivity index (χ1n) is 35.7. The molecule has 0 rings (SSSR count). The summed E-state index contributed by atoms with van der Waals surface area (Å²) in [6, 6.07) is 0. The molecule has 478 valence electrons. The van der Waals surface area contributed by atoms with Crippen LogP contribution in [0.1, 0.15) is 355 Å². The predicted molar refractivity (Wildman–Crippen MR) is 362 cm³/mol. The average molecular weight is 1160 g/mol. The van der Waals surface area contributed by atoms with E-state index in [-0.39, 0.29) is 31.1 Å². The van der Waals surface area contributed by atoms with Crippen LogP contribution in [0.25, 0.3) is 0 Å². The molecule has 0 aromatic heterocycles. The lowest BCUT2D eigenvalue weighted by Gasteiger charge is -2.18. The fourth-order valence-corrected chi connectivity index (χ4v) is 10.3. The van der Waals surface area contributed by atoms with Crippen molar-refractivity contribution in [2.75, 3.05) is 13.2 Å². The van der Waals surface area contributed by atoms with E-state index < -0.39 is 6.10 Å². The van der Waals surface area contributed by atoms with Crippen LogP contribution < -0.4 is 0 Å². The third-order valence-electron chi connectivity index (χ3n) is 15.6. The summed E-state index contributed by atoms with van der Waals surface area (Å²) in [5.74, 6) is -0.869. The number of hydrogen-bond acceptors (Lipinski definition) is 6. The van der Waals surface area contributed by atoms with Gasteiger partial charge in [-0.25, -0.2) is 0 Å². The molecule has 0 N–H and O–H groups in total. The van der Waals surface area contributed by atoms with E-state index in [4.69, 9.17) is 14.2 Å². The Hall–Kier alpha value is -3.67. The van der Waals surface area contributed by atoms with E-state index in [1.807, 2.05) is 0 Å². The summed E-state index contributed by atoms with van der Waals surface area (Å²) in [5, 5.41) is 0. The molecule has 1 atom stereocenters. The molecule has 0 spiro atoms. The smallest absolute Gasteiger partial charge is 0.306 e. The normalized spacial score (nSPS) is 12.7. The minimum absolute atomic E-state index is 0.0722. The van der Waals surface area contributed by atoms with E-state index in [0.29, 0.717) is 19.3 Å². The Bertz CT molecular complexity index is 1610. The summed E-state index contributed by atoms with van der Waals surface area (Å²) >= 11 is 0. The highest BCUT2D eigenvalue weighted by atomic mass is 16.6. The molecule has 0 radical (unpaired) electrons. The molecular weight excluding hydrogens is 1020 g/mol. The molecule has 0 fully saturated rings. The van der Waals surface area contributed by atoms with Gasteiger partial charge in [0.1, 0.15) is 13.2 Å².